The molecular formula is C12H17N5O2. The van der Waals surface area contributed by atoms with E-state index in [9.17, 15) is 4.79 Å². The zero-order valence-electron chi connectivity index (χ0n) is 11.0. The van der Waals surface area contributed by atoms with Crippen LogP contribution >= 0.6 is 0 Å². The molecule has 1 aliphatic rings. The number of nitrogens with zero attached hydrogens (tertiary/aromatic N) is 3. The average Bonchev–Trinajstić information content (AvgIpc) is 2.74. The number of ether oxygens (including phenoxy) is 1. The Hall–Kier alpha value is -2.28. The van der Waals surface area contributed by atoms with E-state index >= 15 is 0 Å². The van der Waals surface area contributed by atoms with Crippen LogP contribution in [0.2, 0.25) is 0 Å². The molecule has 0 aromatic heterocycles. The van der Waals surface area contributed by atoms with Crippen molar-refractivity contribution in [2.45, 2.75) is 6.61 Å². The third kappa shape index (κ3) is 3.85. The second-order valence-electron chi connectivity index (χ2n) is 4.11. The van der Waals surface area contributed by atoms with Gasteiger partial charge in [0, 0.05) is 12.4 Å². The molecule has 0 aliphatic carbocycles. The number of alkyl carbamates (subject to hydrolysis) is 1. The van der Waals surface area contributed by atoms with Gasteiger partial charge in [-0.3, -0.25) is 5.43 Å². The van der Waals surface area contributed by atoms with Crippen LogP contribution in [0.25, 0.3) is 5.43 Å². The summed E-state index contributed by atoms with van der Waals surface area (Å²) in [5, 5.41) is 9.21. The van der Waals surface area contributed by atoms with Crippen molar-refractivity contribution in [1.82, 2.24) is 10.4 Å². The van der Waals surface area contributed by atoms with Gasteiger partial charge in [-0.25, -0.2) is 9.91 Å². The number of carbonyl (C=O) groups is 1. The molecule has 1 amide bonds. The first kappa shape index (κ1) is 13.2. The predicted octanol–water partition coefficient (Wildman–Crippen LogP) is -0.110. The minimum Gasteiger partial charge on any atom is -0.445 e. The first-order valence-corrected chi connectivity index (χ1v) is 5.96. The Balaban J connectivity index is 1.69. The molecule has 0 saturated carbocycles. The molecule has 2 N–H and O–H groups in total. The van der Waals surface area contributed by atoms with Crippen molar-refractivity contribution in [1.29, 1.82) is 0 Å². The smallest absolute Gasteiger partial charge is 0.407 e. The average molecular weight is 263 g/mol. The number of amides is 1. The topological polar surface area (TPSA) is 72.5 Å². The van der Waals surface area contributed by atoms with Gasteiger partial charge < -0.3 is 15.2 Å². The van der Waals surface area contributed by atoms with Crippen molar-refractivity contribution < 1.29 is 14.6 Å². The van der Waals surface area contributed by atoms with Crippen LogP contribution in [0.15, 0.2) is 35.4 Å². The Bertz CT molecular complexity index is 462. The highest BCUT2D eigenvalue weighted by atomic mass is 16.5. The van der Waals surface area contributed by atoms with Crippen LogP contribution in [0.3, 0.4) is 0 Å². The van der Waals surface area contributed by atoms with Gasteiger partial charge in [0.1, 0.15) is 6.61 Å². The summed E-state index contributed by atoms with van der Waals surface area (Å²) in [7, 11) is 3.66. The van der Waals surface area contributed by atoms with Gasteiger partial charge in [0.2, 0.25) is 0 Å². The van der Waals surface area contributed by atoms with Crippen molar-refractivity contribution >= 4 is 11.9 Å². The number of hydrogen-bond acceptors (Lipinski definition) is 4. The van der Waals surface area contributed by atoms with Gasteiger partial charge in [-0.2, -0.15) is 5.12 Å². The van der Waals surface area contributed by atoms with Gasteiger partial charge in [0.05, 0.1) is 14.1 Å². The molecule has 7 nitrogen and oxygen atoms in total. The molecule has 0 bridgehead atoms. The maximum atomic E-state index is 11.5. The summed E-state index contributed by atoms with van der Waals surface area (Å²) in [6.07, 6.45) is -0.478. The van der Waals surface area contributed by atoms with E-state index in [0.717, 1.165) is 10.7 Å². The van der Waals surface area contributed by atoms with E-state index in [4.69, 9.17) is 4.74 Å². The van der Waals surface area contributed by atoms with Gasteiger partial charge in [-0.05, 0) is 5.56 Å². The van der Waals surface area contributed by atoms with Crippen LogP contribution in [0.4, 0.5) is 4.79 Å². The van der Waals surface area contributed by atoms with E-state index in [-0.39, 0.29) is 13.2 Å². The zero-order valence-corrected chi connectivity index (χ0v) is 11.0. The third-order valence-corrected chi connectivity index (χ3v) is 2.63. The van der Waals surface area contributed by atoms with Gasteiger partial charge in [0.25, 0.3) is 0 Å². The largest absolute Gasteiger partial charge is 0.445 e. The highest BCUT2D eigenvalue weighted by Crippen LogP contribution is 2.00. The Morgan fingerprint density at radius 3 is 2.84 bits per heavy atom. The first-order chi connectivity index (χ1) is 9.15. The van der Waals surface area contributed by atoms with Crippen LogP contribution in [-0.2, 0) is 11.3 Å². The van der Waals surface area contributed by atoms with E-state index in [2.05, 4.69) is 15.8 Å². The SMILES string of the molecule is CN1N=C(CNC(=O)OCc2ccccc2)[N-][NH+]1C. The Morgan fingerprint density at radius 1 is 1.47 bits per heavy atom. The van der Waals surface area contributed by atoms with E-state index in [0.29, 0.717) is 5.84 Å². The highest BCUT2D eigenvalue weighted by molar-refractivity contribution is 5.95. The molecule has 1 atom stereocenters. The van der Waals surface area contributed by atoms with Crippen molar-refractivity contribution in [3.8, 4) is 0 Å². The summed E-state index contributed by atoms with van der Waals surface area (Å²) in [5.74, 6) is 0.566. The minimum atomic E-state index is -0.478. The third-order valence-electron chi connectivity index (χ3n) is 2.63. The van der Waals surface area contributed by atoms with E-state index in [1.54, 1.807) is 12.2 Å². The predicted molar refractivity (Wildman–Crippen MR) is 70.1 cm³/mol. The van der Waals surface area contributed by atoms with Gasteiger partial charge in [-0.1, -0.05) is 30.3 Å². The molecule has 19 heavy (non-hydrogen) atoms. The number of hydrogen-bond donors (Lipinski definition) is 2. The molecular weight excluding hydrogens is 246 g/mol. The summed E-state index contributed by atoms with van der Waals surface area (Å²) in [5.41, 5.74) is 5.13. The maximum Gasteiger partial charge on any atom is 0.407 e. The number of quaternary nitrogens is 1. The molecule has 0 spiro atoms. The van der Waals surface area contributed by atoms with Crippen LogP contribution in [0.5, 0.6) is 0 Å². The highest BCUT2D eigenvalue weighted by Gasteiger charge is 2.10. The summed E-state index contributed by atoms with van der Waals surface area (Å²) in [6.45, 7) is 0.511. The van der Waals surface area contributed by atoms with Crippen molar-refractivity contribution in [3.05, 3.63) is 41.3 Å². The summed E-state index contributed by atoms with van der Waals surface area (Å²) in [4.78, 5) is 11.5. The molecule has 1 aromatic rings. The molecule has 102 valence electrons. The van der Waals surface area contributed by atoms with Crippen molar-refractivity contribution in [2.75, 3.05) is 20.6 Å². The number of benzene rings is 1. The Labute approximate surface area is 111 Å². The molecule has 1 unspecified atom stereocenters. The normalized spacial score (nSPS) is 17.7. The van der Waals surface area contributed by atoms with Crippen LogP contribution < -0.4 is 10.4 Å². The molecule has 0 saturated heterocycles. The minimum absolute atomic E-state index is 0.251. The molecule has 1 aromatic carbocycles. The number of amidine groups is 1. The Morgan fingerprint density at radius 2 is 2.21 bits per heavy atom. The van der Waals surface area contributed by atoms with E-state index < -0.39 is 6.09 Å². The molecule has 2 rings (SSSR count). The molecule has 1 aliphatic heterocycles. The van der Waals surface area contributed by atoms with Crippen LogP contribution in [-0.4, -0.2) is 37.7 Å². The van der Waals surface area contributed by atoms with E-state index in [1.807, 2.05) is 37.4 Å². The lowest BCUT2D eigenvalue weighted by Crippen LogP contribution is -3.09. The van der Waals surface area contributed by atoms with Gasteiger partial charge in [-0.15, -0.1) is 0 Å². The summed E-state index contributed by atoms with van der Waals surface area (Å²) >= 11 is 0. The molecule has 1 heterocycles. The number of nitrogens with one attached hydrogen (secondary N) is 2. The second-order valence-corrected chi connectivity index (χ2v) is 4.11. The fraction of sp³-hybridized carbons (Fsp3) is 0.333. The fourth-order valence-electron chi connectivity index (χ4n) is 1.53. The number of rotatable bonds is 4. The van der Waals surface area contributed by atoms with Gasteiger partial charge >= 0.3 is 6.09 Å². The standard InChI is InChI=1S/C12H17N5O2/c1-16-14-11(15-17(16)2)8-13-12(18)19-9-10-6-4-3-5-7-10/h3-7,16H,8-9H2,1-2H3,(H-,13,14,15,18). The van der Waals surface area contributed by atoms with E-state index in [1.165, 1.54) is 0 Å². The lowest BCUT2D eigenvalue weighted by Gasteiger charge is -2.19. The van der Waals surface area contributed by atoms with Crippen molar-refractivity contribution in [3.63, 3.8) is 0 Å². The summed E-state index contributed by atoms with van der Waals surface area (Å²) < 4.78 is 5.07. The first-order valence-electron chi connectivity index (χ1n) is 5.96. The fourth-order valence-corrected chi connectivity index (χ4v) is 1.53. The van der Waals surface area contributed by atoms with Crippen molar-refractivity contribution in [2.24, 2.45) is 5.10 Å². The molecule has 0 radical (unpaired) electrons. The lowest BCUT2D eigenvalue weighted by atomic mass is 10.2. The monoisotopic (exact) mass is 263 g/mol. The quantitative estimate of drug-likeness (QED) is 0.796. The Kier molecular flexibility index (Phi) is 4.19. The second kappa shape index (κ2) is 6.05. The van der Waals surface area contributed by atoms with Gasteiger partial charge in [0.15, 0.2) is 0 Å². The number of carbonyl (C=O) groups excluding carboxylic acids is 1. The maximum absolute atomic E-state index is 11.5. The molecule has 0 fully saturated rings. The lowest BCUT2D eigenvalue weighted by molar-refractivity contribution is -0.953. The van der Waals surface area contributed by atoms with Crippen LogP contribution in [0, 0.1) is 0 Å². The zero-order chi connectivity index (χ0) is 13.7. The molecule has 7 heteroatoms. The van der Waals surface area contributed by atoms with Crippen LogP contribution in [0.1, 0.15) is 5.56 Å². The summed E-state index contributed by atoms with van der Waals surface area (Å²) in [6, 6.07) is 9.51. The number of hydrazone groups is 1.